The maximum absolute atomic E-state index is 4.56. The van der Waals surface area contributed by atoms with Crippen molar-refractivity contribution in [2.75, 3.05) is 0 Å². The van der Waals surface area contributed by atoms with Crippen LogP contribution in [0.2, 0.25) is 0 Å². The van der Waals surface area contributed by atoms with Crippen LogP contribution < -0.4 is 5.32 Å². The highest BCUT2D eigenvalue weighted by Gasteiger charge is 2.15. The van der Waals surface area contributed by atoms with Crippen LogP contribution >= 0.6 is 11.3 Å². The molecule has 0 aliphatic carbocycles. The first-order valence-electron chi connectivity index (χ1n) is 6.84. The van der Waals surface area contributed by atoms with Crippen LogP contribution in [0.3, 0.4) is 0 Å². The minimum absolute atomic E-state index is 0.288. The number of nitrogens with zero attached hydrogens (tertiary/aromatic N) is 1. The van der Waals surface area contributed by atoms with Crippen molar-refractivity contribution in [3.05, 3.63) is 51.5 Å². The smallest absolute Gasteiger partial charge is 0.0898 e. The number of aryl methyl sites for hydroxylation is 2. The minimum atomic E-state index is 0.288. The molecule has 102 valence electrons. The topological polar surface area (TPSA) is 24.9 Å². The molecule has 0 bridgehead atoms. The molecule has 0 amide bonds. The summed E-state index contributed by atoms with van der Waals surface area (Å²) < 4.78 is 0. The Kier molecular flexibility index (Phi) is 4.72. The van der Waals surface area contributed by atoms with Gasteiger partial charge in [-0.25, -0.2) is 4.98 Å². The lowest BCUT2D eigenvalue weighted by molar-refractivity contribution is 0.451. The van der Waals surface area contributed by atoms with Crippen molar-refractivity contribution in [1.82, 2.24) is 10.3 Å². The van der Waals surface area contributed by atoms with Gasteiger partial charge in [0.25, 0.3) is 0 Å². The highest BCUT2D eigenvalue weighted by molar-refractivity contribution is 7.09. The van der Waals surface area contributed by atoms with Gasteiger partial charge in [0.2, 0.25) is 0 Å². The number of hydrogen-bond acceptors (Lipinski definition) is 3. The molecular formula is C16H22N2S. The second kappa shape index (κ2) is 6.31. The average molecular weight is 274 g/mol. The summed E-state index contributed by atoms with van der Waals surface area (Å²) in [6.07, 6.45) is 1.08. The Balaban J connectivity index is 2.08. The van der Waals surface area contributed by atoms with E-state index in [0.29, 0.717) is 6.04 Å². The standard InChI is InChI=1S/C16H22N2S/c1-5-15(14-8-6-11(2)7-9-14)17-12(3)16-10-19-13(4)18-16/h6-10,12,15,17H,5H2,1-4H3. The first-order chi connectivity index (χ1) is 9.10. The summed E-state index contributed by atoms with van der Waals surface area (Å²) in [5, 5.41) is 6.96. The minimum Gasteiger partial charge on any atom is -0.302 e. The van der Waals surface area contributed by atoms with Gasteiger partial charge in [0.05, 0.1) is 10.7 Å². The van der Waals surface area contributed by atoms with Gasteiger partial charge in [-0.2, -0.15) is 0 Å². The predicted molar refractivity (Wildman–Crippen MR) is 82.6 cm³/mol. The second-order valence-corrected chi connectivity index (χ2v) is 6.11. The number of hydrogen-bond donors (Lipinski definition) is 1. The summed E-state index contributed by atoms with van der Waals surface area (Å²) in [4.78, 5) is 4.56. The van der Waals surface area contributed by atoms with Crippen molar-refractivity contribution in [2.24, 2.45) is 0 Å². The van der Waals surface area contributed by atoms with E-state index in [1.165, 1.54) is 11.1 Å². The fraction of sp³-hybridized carbons (Fsp3) is 0.438. The van der Waals surface area contributed by atoms with E-state index in [9.17, 15) is 0 Å². The zero-order chi connectivity index (χ0) is 13.8. The number of thiazole rings is 1. The molecule has 1 N–H and O–H groups in total. The van der Waals surface area contributed by atoms with Gasteiger partial charge in [-0.3, -0.25) is 0 Å². The van der Waals surface area contributed by atoms with E-state index in [1.807, 2.05) is 0 Å². The normalized spacial score (nSPS) is 14.3. The van der Waals surface area contributed by atoms with E-state index in [2.05, 4.69) is 67.6 Å². The van der Waals surface area contributed by atoms with Crippen molar-refractivity contribution in [1.29, 1.82) is 0 Å². The lowest BCUT2D eigenvalue weighted by Gasteiger charge is -2.22. The first-order valence-corrected chi connectivity index (χ1v) is 7.72. The third kappa shape index (κ3) is 3.64. The summed E-state index contributed by atoms with van der Waals surface area (Å²) in [6, 6.07) is 9.47. The van der Waals surface area contributed by atoms with E-state index in [4.69, 9.17) is 0 Å². The predicted octanol–water partition coefficient (Wildman–Crippen LogP) is 4.56. The summed E-state index contributed by atoms with van der Waals surface area (Å²) >= 11 is 1.71. The molecule has 19 heavy (non-hydrogen) atoms. The zero-order valence-corrected chi connectivity index (χ0v) is 12.9. The fourth-order valence-corrected chi connectivity index (χ4v) is 2.92. The summed E-state index contributed by atoms with van der Waals surface area (Å²) in [5.74, 6) is 0. The zero-order valence-electron chi connectivity index (χ0n) is 12.1. The van der Waals surface area contributed by atoms with Crippen molar-refractivity contribution >= 4 is 11.3 Å². The molecule has 0 radical (unpaired) electrons. The molecule has 0 spiro atoms. The molecule has 0 fully saturated rings. The number of rotatable bonds is 5. The highest BCUT2D eigenvalue weighted by atomic mass is 32.1. The van der Waals surface area contributed by atoms with Crippen LogP contribution in [0.15, 0.2) is 29.6 Å². The molecule has 0 aliphatic heterocycles. The monoisotopic (exact) mass is 274 g/mol. The molecule has 2 aromatic rings. The lowest BCUT2D eigenvalue weighted by Crippen LogP contribution is -2.24. The van der Waals surface area contributed by atoms with Gasteiger partial charge >= 0.3 is 0 Å². The maximum Gasteiger partial charge on any atom is 0.0898 e. The number of aromatic nitrogens is 1. The molecule has 0 aliphatic rings. The van der Waals surface area contributed by atoms with Gasteiger partial charge in [-0.1, -0.05) is 36.8 Å². The molecule has 2 rings (SSSR count). The molecule has 1 aromatic heterocycles. The molecule has 3 heteroatoms. The van der Waals surface area contributed by atoms with Crippen LogP contribution in [0, 0.1) is 13.8 Å². The van der Waals surface area contributed by atoms with Gasteiger partial charge in [0.15, 0.2) is 0 Å². The molecule has 2 unspecified atom stereocenters. The van der Waals surface area contributed by atoms with Crippen LogP contribution in [-0.4, -0.2) is 4.98 Å². The Morgan fingerprint density at radius 2 is 1.89 bits per heavy atom. The SMILES string of the molecule is CCC(NC(C)c1csc(C)n1)c1ccc(C)cc1. The molecular weight excluding hydrogens is 252 g/mol. The maximum atomic E-state index is 4.56. The number of benzene rings is 1. The van der Waals surface area contributed by atoms with Gasteiger partial charge in [0, 0.05) is 17.5 Å². The molecule has 2 atom stereocenters. The average Bonchev–Trinajstić information content (AvgIpc) is 2.84. The fourth-order valence-electron chi connectivity index (χ4n) is 2.21. The van der Waals surface area contributed by atoms with Gasteiger partial charge in [-0.15, -0.1) is 11.3 Å². The number of nitrogens with one attached hydrogen (secondary N) is 1. The third-order valence-electron chi connectivity index (χ3n) is 3.42. The Labute approximate surface area is 119 Å². The third-order valence-corrected chi connectivity index (χ3v) is 4.21. The summed E-state index contributed by atoms with van der Waals surface area (Å²) in [7, 11) is 0. The van der Waals surface area contributed by atoms with Crippen molar-refractivity contribution in [3.63, 3.8) is 0 Å². The lowest BCUT2D eigenvalue weighted by atomic mass is 10.0. The first kappa shape index (κ1) is 14.2. The summed E-state index contributed by atoms with van der Waals surface area (Å²) in [6.45, 7) is 8.58. The molecule has 0 saturated carbocycles. The van der Waals surface area contributed by atoms with E-state index in [0.717, 1.165) is 17.1 Å². The quantitative estimate of drug-likeness (QED) is 0.864. The Bertz CT molecular complexity index is 516. The molecule has 2 nitrogen and oxygen atoms in total. The van der Waals surface area contributed by atoms with Crippen LogP contribution in [0.4, 0.5) is 0 Å². The van der Waals surface area contributed by atoms with Gasteiger partial charge in [-0.05, 0) is 32.8 Å². The van der Waals surface area contributed by atoms with E-state index >= 15 is 0 Å². The summed E-state index contributed by atoms with van der Waals surface area (Å²) in [5.41, 5.74) is 3.81. The van der Waals surface area contributed by atoms with Crippen LogP contribution in [0.25, 0.3) is 0 Å². The second-order valence-electron chi connectivity index (χ2n) is 5.05. The molecule has 1 heterocycles. The highest BCUT2D eigenvalue weighted by Crippen LogP contribution is 2.23. The van der Waals surface area contributed by atoms with Crippen molar-refractivity contribution in [2.45, 2.75) is 46.2 Å². The van der Waals surface area contributed by atoms with E-state index in [-0.39, 0.29) is 6.04 Å². The van der Waals surface area contributed by atoms with Crippen LogP contribution in [0.5, 0.6) is 0 Å². The van der Waals surface area contributed by atoms with Gasteiger partial charge in [0.1, 0.15) is 0 Å². The Morgan fingerprint density at radius 1 is 1.21 bits per heavy atom. The van der Waals surface area contributed by atoms with Crippen molar-refractivity contribution in [3.8, 4) is 0 Å². The van der Waals surface area contributed by atoms with E-state index < -0.39 is 0 Å². The molecule has 1 aromatic carbocycles. The van der Waals surface area contributed by atoms with Gasteiger partial charge < -0.3 is 5.32 Å². The van der Waals surface area contributed by atoms with Crippen LogP contribution in [-0.2, 0) is 0 Å². The Hall–Kier alpha value is -1.19. The van der Waals surface area contributed by atoms with E-state index in [1.54, 1.807) is 11.3 Å². The van der Waals surface area contributed by atoms with Crippen molar-refractivity contribution < 1.29 is 0 Å². The molecule has 0 saturated heterocycles. The Morgan fingerprint density at radius 3 is 2.42 bits per heavy atom. The largest absolute Gasteiger partial charge is 0.302 e. The van der Waals surface area contributed by atoms with Crippen LogP contribution in [0.1, 0.15) is 54.2 Å².